The van der Waals surface area contributed by atoms with Crippen LogP contribution in [-0.2, 0) is 6.54 Å². The highest BCUT2D eigenvalue weighted by atomic mass is 35.5. The van der Waals surface area contributed by atoms with Gasteiger partial charge < -0.3 is 9.72 Å². The Morgan fingerprint density at radius 2 is 2.27 bits per heavy atom. The third-order valence-corrected chi connectivity index (χ3v) is 2.46. The van der Waals surface area contributed by atoms with Gasteiger partial charge in [0.2, 0.25) is 0 Å². The average Bonchev–Trinajstić information content (AvgIpc) is 2.57. The highest BCUT2D eigenvalue weighted by Crippen LogP contribution is 2.12. The molecule has 0 radical (unpaired) electrons. The van der Waals surface area contributed by atoms with Gasteiger partial charge in [0.05, 0.1) is 16.9 Å². The lowest BCUT2D eigenvalue weighted by Crippen LogP contribution is -2.22. The van der Waals surface area contributed by atoms with Crippen molar-refractivity contribution in [3.8, 4) is 0 Å². The van der Waals surface area contributed by atoms with E-state index in [0.29, 0.717) is 6.04 Å². The maximum Gasteiger partial charge on any atom is 0.137 e. The number of imidazole rings is 1. The van der Waals surface area contributed by atoms with Crippen molar-refractivity contribution in [2.24, 2.45) is 0 Å². The van der Waals surface area contributed by atoms with Crippen LogP contribution in [0, 0.1) is 0 Å². The molecule has 2 aromatic rings. The van der Waals surface area contributed by atoms with Crippen LogP contribution in [0.2, 0.25) is 5.02 Å². The third kappa shape index (κ3) is 2.30. The predicted molar refractivity (Wildman–Crippen MR) is 62.2 cm³/mol. The van der Waals surface area contributed by atoms with E-state index in [0.717, 1.165) is 22.9 Å². The quantitative estimate of drug-likeness (QED) is 0.867. The van der Waals surface area contributed by atoms with E-state index in [1.807, 2.05) is 28.9 Å². The third-order valence-electron chi connectivity index (χ3n) is 2.24. The fourth-order valence-electron chi connectivity index (χ4n) is 1.44. The maximum absolute atomic E-state index is 5.94. The molecule has 0 aliphatic heterocycles. The van der Waals surface area contributed by atoms with Gasteiger partial charge >= 0.3 is 0 Å². The number of nitrogens with zero attached hydrogens (tertiary/aromatic N) is 2. The molecular weight excluding hydrogens is 210 g/mol. The number of rotatable bonds is 3. The Bertz CT molecular complexity index is 462. The Morgan fingerprint density at radius 3 is 3.00 bits per heavy atom. The molecular formula is C11H14ClN3. The first-order valence-corrected chi connectivity index (χ1v) is 5.39. The molecule has 0 amide bonds. The van der Waals surface area contributed by atoms with Crippen molar-refractivity contribution in [3.05, 3.63) is 35.2 Å². The summed E-state index contributed by atoms with van der Waals surface area (Å²) in [5, 5.41) is 4.08. The second kappa shape index (κ2) is 4.21. The average molecular weight is 224 g/mol. The van der Waals surface area contributed by atoms with E-state index in [1.54, 1.807) is 0 Å². The monoisotopic (exact) mass is 223 g/mol. The second-order valence-electron chi connectivity index (χ2n) is 3.86. The molecule has 0 aliphatic carbocycles. The fourth-order valence-corrected chi connectivity index (χ4v) is 1.61. The molecule has 0 aliphatic rings. The van der Waals surface area contributed by atoms with E-state index in [4.69, 9.17) is 11.6 Å². The van der Waals surface area contributed by atoms with Crippen molar-refractivity contribution < 1.29 is 0 Å². The summed E-state index contributed by atoms with van der Waals surface area (Å²) in [7, 11) is 0. The predicted octanol–water partition coefficient (Wildman–Crippen LogP) is 2.49. The Kier molecular flexibility index (Phi) is 2.93. The summed E-state index contributed by atoms with van der Waals surface area (Å²) < 4.78 is 2.01. The van der Waals surface area contributed by atoms with Crippen molar-refractivity contribution in [2.75, 3.05) is 0 Å². The molecule has 2 heterocycles. The number of hydrogen-bond acceptors (Lipinski definition) is 2. The summed E-state index contributed by atoms with van der Waals surface area (Å²) in [4.78, 5) is 4.30. The van der Waals surface area contributed by atoms with E-state index >= 15 is 0 Å². The molecule has 0 spiro atoms. The van der Waals surface area contributed by atoms with Gasteiger partial charge in [0.15, 0.2) is 0 Å². The van der Waals surface area contributed by atoms with Crippen LogP contribution >= 0.6 is 11.6 Å². The Hall–Kier alpha value is -1.06. The van der Waals surface area contributed by atoms with Crippen molar-refractivity contribution in [3.63, 3.8) is 0 Å². The van der Waals surface area contributed by atoms with Crippen LogP contribution in [0.15, 0.2) is 24.5 Å². The van der Waals surface area contributed by atoms with E-state index in [9.17, 15) is 0 Å². The van der Waals surface area contributed by atoms with E-state index in [1.165, 1.54) is 0 Å². The molecule has 0 aromatic carbocycles. The summed E-state index contributed by atoms with van der Waals surface area (Å²) in [5.41, 5.74) is 2.06. The van der Waals surface area contributed by atoms with Crippen molar-refractivity contribution >= 4 is 17.2 Å². The first-order chi connectivity index (χ1) is 7.16. The van der Waals surface area contributed by atoms with Crippen LogP contribution in [0.1, 0.15) is 19.5 Å². The van der Waals surface area contributed by atoms with Crippen molar-refractivity contribution in [1.82, 2.24) is 14.7 Å². The van der Waals surface area contributed by atoms with Gasteiger partial charge in [0, 0.05) is 18.8 Å². The molecule has 0 saturated heterocycles. The van der Waals surface area contributed by atoms with Gasteiger partial charge in [-0.05, 0) is 12.1 Å². The smallest absolute Gasteiger partial charge is 0.137 e. The zero-order valence-corrected chi connectivity index (χ0v) is 9.62. The molecule has 0 atom stereocenters. The molecule has 4 heteroatoms. The summed E-state index contributed by atoms with van der Waals surface area (Å²) >= 11 is 5.94. The largest absolute Gasteiger partial charge is 0.309 e. The van der Waals surface area contributed by atoms with Crippen molar-refractivity contribution in [2.45, 2.75) is 26.4 Å². The van der Waals surface area contributed by atoms with Crippen LogP contribution in [-0.4, -0.2) is 15.4 Å². The van der Waals surface area contributed by atoms with Gasteiger partial charge in [-0.25, -0.2) is 4.98 Å². The topological polar surface area (TPSA) is 29.3 Å². The number of halogens is 1. The first kappa shape index (κ1) is 10.5. The molecule has 0 unspecified atom stereocenters. The van der Waals surface area contributed by atoms with Crippen LogP contribution in [0.4, 0.5) is 0 Å². The molecule has 0 bridgehead atoms. The minimum atomic E-state index is 0.467. The molecule has 3 nitrogen and oxygen atoms in total. The Morgan fingerprint density at radius 1 is 1.47 bits per heavy atom. The normalized spacial score (nSPS) is 11.5. The SMILES string of the molecule is CC(C)NCc1cnc2ccc(Cl)cn12. The van der Waals surface area contributed by atoms with Crippen LogP contribution < -0.4 is 5.32 Å². The lowest BCUT2D eigenvalue weighted by Gasteiger charge is -2.07. The standard InChI is InChI=1S/C11H14ClN3/c1-8(2)13-5-10-6-14-11-4-3-9(12)7-15(10)11/h3-4,6-8,13H,5H2,1-2H3. The summed E-state index contributed by atoms with van der Waals surface area (Å²) in [6, 6.07) is 4.24. The van der Waals surface area contributed by atoms with Gasteiger partial charge in [-0.3, -0.25) is 0 Å². The Labute approximate surface area is 94.1 Å². The zero-order valence-electron chi connectivity index (χ0n) is 8.87. The van der Waals surface area contributed by atoms with Crippen molar-refractivity contribution in [1.29, 1.82) is 0 Å². The minimum absolute atomic E-state index is 0.467. The summed E-state index contributed by atoms with van der Waals surface area (Å²) in [6.07, 6.45) is 3.77. The number of hydrogen-bond donors (Lipinski definition) is 1. The molecule has 0 fully saturated rings. The first-order valence-electron chi connectivity index (χ1n) is 5.01. The second-order valence-corrected chi connectivity index (χ2v) is 4.30. The van der Waals surface area contributed by atoms with Gasteiger partial charge in [-0.2, -0.15) is 0 Å². The van der Waals surface area contributed by atoms with Gasteiger partial charge in [0.1, 0.15) is 5.65 Å². The molecule has 15 heavy (non-hydrogen) atoms. The fraction of sp³-hybridized carbons (Fsp3) is 0.364. The molecule has 2 rings (SSSR count). The maximum atomic E-state index is 5.94. The van der Waals surface area contributed by atoms with Gasteiger partial charge in [-0.15, -0.1) is 0 Å². The number of nitrogens with one attached hydrogen (secondary N) is 1. The van der Waals surface area contributed by atoms with E-state index in [2.05, 4.69) is 24.1 Å². The van der Waals surface area contributed by atoms with E-state index < -0.39 is 0 Å². The summed E-state index contributed by atoms with van der Waals surface area (Å²) in [5.74, 6) is 0. The molecule has 80 valence electrons. The highest BCUT2D eigenvalue weighted by molar-refractivity contribution is 6.30. The lowest BCUT2D eigenvalue weighted by molar-refractivity contribution is 0.579. The Balaban J connectivity index is 2.31. The highest BCUT2D eigenvalue weighted by Gasteiger charge is 2.03. The molecule has 0 saturated carbocycles. The van der Waals surface area contributed by atoms with Gasteiger partial charge in [0.25, 0.3) is 0 Å². The van der Waals surface area contributed by atoms with E-state index in [-0.39, 0.29) is 0 Å². The molecule has 1 N–H and O–H groups in total. The number of aromatic nitrogens is 2. The number of fused-ring (bicyclic) bond motifs is 1. The number of pyridine rings is 1. The minimum Gasteiger partial charge on any atom is -0.309 e. The zero-order chi connectivity index (χ0) is 10.8. The van der Waals surface area contributed by atoms with Gasteiger partial charge in [-0.1, -0.05) is 25.4 Å². The van der Waals surface area contributed by atoms with Crippen LogP contribution in [0.3, 0.4) is 0 Å². The van der Waals surface area contributed by atoms with Crippen LogP contribution in [0.5, 0.6) is 0 Å². The summed E-state index contributed by atoms with van der Waals surface area (Å²) in [6.45, 7) is 5.05. The van der Waals surface area contributed by atoms with Crippen LogP contribution in [0.25, 0.3) is 5.65 Å². The molecule has 2 aromatic heterocycles. The lowest BCUT2D eigenvalue weighted by atomic mass is 10.3.